The standard InChI is InChI=1S/C17H20N2O2/c18-9-14-3-1-2-4-16(14)21-11-17(20)19-10-15-8-12-5-6-13(15)7-12/h1-4,12-13,15H,5-8,10-11H2,(H,19,20). The van der Waals surface area contributed by atoms with Crippen LogP contribution in [0.25, 0.3) is 0 Å². The van der Waals surface area contributed by atoms with Gasteiger partial charge < -0.3 is 10.1 Å². The Labute approximate surface area is 125 Å². The Hall–Kier alpha value is -2.02. The highest BCUT2D eigenvalue weighted by Gasteiger charge is 2.39. The van der Waals surface area contributed by atoms with Crippen molar-refractivity contribution in [2.45, 2.75) is 25.7 Å². The summed E-state index contributed by atoms with van der Waals surface area (Å²) in [5.41, 5.74) is 0.457. The van der Waals surface area contributed by atoms with Crippen LogP contribution in [0.15, 0.2) is 24.3 Å². The van der Waals surface area contributed by atoms with Crippen molar-refractivity contribution in [3.8, 4) is 11.8 Å². The van der Waals surface area contributed by atoms with Gasteiger partial charge in [0.25, 0.3) is 5.91 Å². The quantitative estimate of drug-likeness (QED) is 0.903. The van der Waals surface area contributed by atoms with E-state index in [-0.39, 0.29) is 12.5 Å². The first-order chi connectivity index (χ1) is 10.3. The number of nitrogens with one attached hydrogen (secondary N) is 1. The summed E-state index contributed by atoms with van der Waals surface area (Å²) in [4.78, 5) is 11.9. The zero-order valence-electron chi connectivity index (χ0n) is 12.0. The van der Waals surface area contributed by atoms with Crippen molar-refractivity contribution in [2.75, 3.05) is 13.2 Å². The number of fused-ring (bicyclic) bond motifs is 2. The molecule has 2 aliphatic carbocycles. The monoisotopic (exact) mass is 284 g/mol. The average molecular weight is 284 g/mol. The van der Waals surface area contributed by atoms with Gasteiger partial charge in [0.1, 0.15) is 11.8 Å². The number of carbonyl (C=O) groups excluding carboxylic acids is 1. The molecule has 2 saturated carbocycles. The van der Waals surface area contributed by atoms with Crippen LogP contribution in [0.4, 0.5) is 0 Å². The van der Waals surface area contributed by atoms with E-state index < -0.39 is 0 Å². The first kappa shape index (κ1) is 13.9. The van der Waals surface area contributed by atoms with E-state index in [0.717, 1.165) is 18.4 Å². The van der Waals surface area contributed by atoms with Crippen LogP contribution in [0, 0.1) is 29.1 Å². The molecule has 2 bridgehead atoms. The van der Waals surface area contributed by atoms with E-state index in [1.54, 1.807) is 24.3 Å². The molecule has 21 heavy (non-hydrogen) atoms. The summed E-state index contributed by atoms with van der Waals surface area (Å²) in [6.45, 7) is 0.739. The normalized spacial score (nSPS) is 26.3. The minimum atomic E-state index is -0.106. The van der Waals surface area contributed by atoms with Gasteiger partial charge in [0.05, 0.1) is 5.56 Å². The number of ether oxygens (including phenoxy) is 1. The fourth-order valence-electron chi connectivity index (χ4n) is 3.75. The van der Waals surface area contributed by atoms with Gasteiger partial charge in [-0.3, -0.25) is 4.79 Å². The third kappa shape index (κ3) is 3.18. The lowest BCUT2D eigenvalue weighted by Gasteiger charge is -2.21. The molecule has 1 aromatic rings. The Morgan fingerprint density at radius 1 is 1.33 bits per heavy atom. The van der Waals surface area contributed by atoms with Crippen LogP contribution in [0.5, 0.6) is 5.75 Å². The molecule has 0 saturated heterocycles. The molecule has 1 amide bonds. The predicted molar refractivity (Wildman–Crippen MR) is 78.6 cm³/mol. The molecule has 4 heteroatoms. The molecule has 3 unspecified atom stereocenters. The van der Waals surface area contributed by atoms with Crippen molar-refractivity contribution < 1.29 is 9.53 Å². The molecule has 0 aliphatic heterocycles. The lowest BCUT2D eigenvalue weighted by atomic mass is 9.89. The van der Waals surface area contributed by atoms with Crippen molar-refractivity contribution in [1.29, 1.82) is 5.26 Å². The minimum absolute atomic E-state index is 0.0283. The van der Waals surface area contributed by atoms with Crippen LogP contribution in [-0.4, -0.2) is 19.1 Å². The summed E-state index contributed by atoms with van der Waals surface area (Å²) in [5, 5.41) is 11.9. The van der Waals surface area contributed by atoms with Gasteiger partial charge in [0, 0.05) is 6.54 Å². The molecule has 1 N–H and O–H groups in total. The number of nitrogens with zero attached hydrogens (tertiary/aromatic N) is 1. The molecule has 2 fully saturated rings. The maximum Gasteiger partial charge on any atom is 0.257 e. The van der Waals surface area contributed by atoms with Crippen LogP contribution >= 0.6 is 0 Å². The number of hydrogen-bond acceptors (Lipinski definition) is 3. The first-order valence-corrected chi connectivity index (χ1v) is 7.65. The highest BCUT2D eigenvalue weighted by molar-refractivity contribution is 5.77. The molecule has 2 aliphatic rings. The molecule has 1 aromatic carbocycles. The van der Waals surface area contributed by atoms with Crippen LogP contribution in [-0.2, 0) is 4.79 Å². The van der Waals surface area contributed by atoms with E-state index in [4.69, 9.17) is 10.00 Å². The van der Waals surface area contributed by atoms with Gasteiger partial charge in [-0.25, -0.2) is 0 Å². The van der Waals surface area contributed by atoms with Gasteiger partial charge in [-0.15, -0.1) is 0 Å². The van der Waals surface area contributed by atoms with E-state index >= 15 is 0 Å². The topological polar surface area (TPSA) is 62.1 Å². The molecule has 3 rings (SSSR count). The van der Waals surface area contributed by atoms with Crippen molar-refractivity contribution >= 4 is 5.91 Å². The van der Waals surface area contributed by atoms with Crippen molar-refractivity contribution in [2.24, 2.45) is 17.8 Å². The smallest absolute Gasteiger partial charge is 0.257 e. The van der Waals surface area contributed by atoms with Gasteiger partial charge in [0.2, 0.25) is 0 Å². The van der Waals surface area contributed by atoms with E-state index in [1.807, 2.05) is 0 Å². The van der Waals surface area contributed by atoms with E-state index in [0.29, 0.717) is 17.2 Å². The summed E-state index contributed by atoms with van der Waals surface area (Å²) in [6, 6.07) is 9.02. The lowest BCUT2D eigenvalue weighted by Crippen LogP contribution is -2.34. The van der Waals surface area contributed by atoms with E-state index in [9.17, 15) is 4.79 Å². The molecule has 0 radical (unpaired) electrons. The molecule has 0 spiro atoms. The fourth-order valence-corrected chi connectivity index (χ4v) is 3.75. The average Bonchev–Trinajstić information content (AvgIpc) is 3.14. The number of para-hydroxylation sites is 1. The van der Waals surface area contributed by atoms with Crippen molar-refractivity contribution in [3.63, 3.8) is 0 Å². The molecular weight excluding hydrogens is 264 g/mol. The Morgan fingerprint density at radius 3 is 2.90 bits per heavy atom. The zero-order valence-corrected chi connectivity index (χ0v) is 12.0. The second-order valence-corrected chi connectivity index (χ2v) is 6.14. The summed E-state index contributed by atoms with van der Waals surface area (Å²) in [6.07, 6.45) is 5.33. The Bertz CT molecular complexity index is 564. The molecule has 0 heterocycles. The van der Waals surface area contributed by atoms with E-state index in [1.165, 1.54) is 25.7 Å². The number of rotatable bonds is 5. The third-order valence-corrected chi connectivity index (χ3v) is 4.81. The molecular formula is C17H20N2O2. The summed E-state index contributed by atoms with van der Waals surface area (Å²) in [7, 11) is 0. The second kappa shape index (κ2) is 6.17. The van der Waals surface area contributed by atoms with Gasteiger partial charge >= 0.3 is 0 Å². The maximum absolute atomic E-state index is 11.9. The number of hydrogen-bond donors (Lipinski definition) is 1. The first-order valence-electron chi connectivity index (χ1n) is 7.65. The Balaban J connectivity index is 1.43. The SMILES string of the molecule is N#Cc1ccccc1OCC(=O)NCC1CC2CCC1C2. The second-order valence-electron chi connectivity index (χ2n) is 6.14. The molecule has 4 nitrogen and oxygen atoms in total. The Kier molecular flexibility index (Phi) is 4.10. The zero-order chi connectivity index (χ0) is 14.7. The molecule has 0 aromatic heterocycles. The summed E-state index contributed by atoms with van der Waals surface area (Å²) >= 11 is 0. The van der Waals surface area contributed by atoms with Gasteiger partial charge in [-0.2, -0.15) is 5.26 Å². The highest BCUT2D eigenvalue weighted by Crippen LogP contribution is 2.47. The fraction of sp³-hybridized carbons (Fsp3) is 0.529. The largest absolute Gasteiger partial charge is 0.482 e. The van der Waals surface area contributed by atoms with Crippen LogP contribution in [0.2, 0.25) is 0 Å². The van der Waals surface area contributed by atoms with Crippen LogP contribution in [0.3, 0.4) is 0 Å². The van der Waals surface area contributed by atoms with E-state index in [2.05, 4.69) is 11.4 Å². The number of amides is 1. The maximum atomic E-state index is 11.9. The van der Waals surface area contributed by atoms with Crippen molar-refractivity contribution in [3.05, 3.63) is 29.8 Å². The number of nitriles is 1. The minimum Gasteiger partial charge on any atom is -0.482 e. The van der Waals surface area contributed by atoms with Gasteiger partial charge in [0.15, 0.2) is 6.61 Å². The van der Waals surface area contributed by atoms with Gasteiger partial charge in [-0.05, 0) is 49.1 Å². The highest BCUT2D eigenvalue weighted by atomic mass is 16.5. The predicted octanol–water partition coefficient (Wildman–Crippen LogP) is 2.49. The summed E-state index contributed by atoms with van der Waals surface area (Å²) < 4.78 is 5.43. The lowest BCUT2D eigenvalue weighted by molar-refractivity contribution is -0.123. The molecule has 3 atom stereocenters. The van der Waals surface area contributed by atoms with Gasteiger partial charge in [-0.1, -0.05) is 18.6 Å². The Morgan fingerprint density at radius 2 is 2.19 bits per heavy atom. The summed E-state index contributed by atoms with van der Waals surface area (Å²) in [5.74, 6) is 2.73. The van der Waals surface area contributed by atoms with Crippen molar-refractivity contribution in [1.82, 2.24) is 5.32 Å². The number of benzene rings is 1. The van der Waals surface area contributed by atoms with Crippen LogP contribution < -0.4 is 10.1 Å². The third-order valence-electron chi connectivity index (χ3n) is 4.81. The molecule has 110 valence electrons. The number of carbonyl (C=O) groups is 1. The van der Waals surface area contributed by atoms with Crippen LogP contribution in [0.1, 0.15) is 31.2 Å².